The van der Waals surface area contributed by atoms with Crippen LogP contribution in [0, 0.1) is 0 Å². The molecule has 0 aliphatic heterocycles. The van der Waals surface area contributed by atoms with Crippen LogP contribution in [-0.4, -0.2) is 48.1 Å². The molecule has 2 amide bonds. The van der Waals surface area contributed by atoms with Crippen LogP contribution in [0.4, 0.5) is 10.5 Å². The number of furan rings is 1. The summed E-state index contributed by atoms with van der Waals surface area (Å²) in [4.78, 5) is 34.8. The first-order valence-corrected chi connectivity index (χ1v) is 11.9. The molecule has 5 aromatic rings. The van der Waals surface area contributed by atoms with Gasteiger partial charge in [-0.1, -0.05) is 24.3 Å². The zero-order chi connectivity index (χ0) is 26.6. The second-order valence-corrected chi connectivity index (χ2v) is 8.64. The molecular formula is C29H26N4O5. The molecule has 0 atom stereocenters. The van der Waals surface area contributed by atoms with Crippen LogP contribution in [0.1, 0.15) is 16.1 Å². The van der Waals surface area contributed by atoms with E-state index in [4.69, 9.17) is 13.9 Å². The highest BCUT2D eigenvalue weighted by molar-refractivity contribution is 6.04. The molecule has 2 aromatic carbocycles. The number of hydrogen-bond donors (Lipinski definition) is 2. The number of nitrogens with zero attached hydrogens (tertiary/aromatic N) is 2. The van der Waals surface area contributed by atoms with Gasteiger partial charge in [0.15, 0.2) is 0 Å². The van der Waals surface area contributed by atoms with Gasteiger partial charge in [0.05, 0.1) is 38.3 Å². The van der Waals surface area contributed by atoms with Crippen molar-refractivity contribution in [2.75, 3.05) is 26.6 Å². The molecule has 0 bridgehead atoms. The van der Waals surface area contributed by atoms with Crippen LogP contribution in [0.5, 0.6) is 5.75 Å². The van der Waals surface area contributed by atoms with Crippen LogP contribution >= 0.6 is 0 Å². The summed E-state index contributed by atoms with van der Waals surface area (Å²) in [6.07, 6.45) is 4.54. The predicted octanol–water partition coefficient (Wildman–Crippen LogP) is 5.95. The Bertz CT molecular complexity index is 1610. The molecule has 2 N–H and O–H groups in total. The Balaban J connectivity index is 1.56. The number of benzene rings is 2. The van der Waals surface area contributed by atoms with E-state index in [1.165, 1.54) is 12.0 Å². The summed E-state index contributed by atoms with van der Waals surface area (Å²) >= 11 is 0. The fraction of sp³-hybridized carbons (Fsp3) is 0.138. The van der Waals surface area contributed by atoms with Gasteiger partial charge in [-0.15, -0.1) is 0 Å². The summed E-state index contributed by atoms with van der Waals surface area (Å²) in [5.74, 6) is 1.11. The standard InChI is InChI=1S/C29H26N4O5/c1-33(17-20-7-6-12-38-20)28(34)23-13-18(10-11-25(23)32-29(35)37-3)19-14-22-24(16-31-27(22)30-15-19)21-8-4-5-9-26(21)36-2/h4-16H,17H2,1-3H3,(H,30,31)(H,32,35). The van der Waals surface area contributed by atoms with Gasteiger partial charge < -0.3 is 23.8 Å². The first-order valence-electron chi connectivity index (χ1n) is 11.9. The Labute approximate surface area is 219 Å². The van der Waals surface area contributed by atoms with Crippen molar-refractivity contribution >= 4 is 28.7 Å². The lowest BCUT2D eigenvalue weighted by atomic mass is 9.99. The van der Waals surface area contributed by atoms with E-state index in [0.717, 1.165) is 39.0 Å². The molecule has 0 fully saturated rings. The minimum absolute atomic E-state index is 0.271. The monoisotopic (exact) mass is 510 g/mol. The topological polar surface area (TPSA) is 110 Å². The normalized spacial score (nSPS) is 10.8. The van der Waals surface area contributed by atoms with Crippen LogP contribution < -0.4 is 10.1 Å². The fourth-order valence-electron chi connectivity index (χ4n) is 4.34. The highest BCUT2D eigenvalue weighted by Crippen LogP contribution is 2.36. The van der Waals surface area contributed by atoms with E-state index in [-0.39, 0.29) is 12.5 Å². The lowest BCUT2D eigenvalue weighted by Gasteiger charge is -2.19. The third-order valence-electron chi connectivity index (χ3n) is 6.25. The number of pyridine rings is 1. The van der Waals surface area contributed by atoms with Gasteiger partial charge >= 0.3 is 6.09 Å². The van der Waals surface area contributed by atoms with Crippen LogP contribution in [0.15, 0.2) is 83.7 Å². The van der Waals surface area contributed by atoms with Crippen molar-refractivity contribution in [1.29, 1.82) is 0 Å². The van der Waals surface area contributed by atoms with Crippen molar-refractivity contribution in [3.05, 3.63) is 90.6 Å². The third kappa shape index (κ3) is 4.81. The number of fused-ring (bicyclic) bond motifs is 1. The van der Waals surface area contributed by atoms with Gasteiger partial charge in [0, 0.05) is 41.5 Å². The number of methoxy groups -OCH3 is 2. The molecule has 0 saturated heterocycles. The van der Waals surface area contributed by atoms with E-state index in [2.05, 4.69) is 15.3 Å². The van der Waals surface area contributed by atoms with Crippen molar-refractivity contribution in [2.24, 2.45) is 0 Å². The van der Waals surface area contributed by atoms with Gasteiger partial charge in [-0.3, -0.25) is 10.1 Å². The van der Waals surface area contributed by atoms with Gasteiger partial charge in [-0.2, -0.15) is 0 Å². The molecule has 0 saturated carbocycles. The van der Waals surface area contributed by atoms with E-state index in [0.29, 0.717) is 17.0 Å². The van der Waals surface area contributed by atoms with Crippen LogP contribution in [0.3, 0.4) is 0 Å². The Hall–Kier alpha value is -5.05. The lowest BCUT2D eigenvalue weighted by Crippen LogP contribution is -2.27. The molecule has 3 aromatic heterocycles. The van der Waals surface area contributed by atoms with Crippen molar-refractivity contribution < 1.29 is 23.5 Å². The summed E-state index contributed by atoms with van der Waals surface area (Å²) in [7, 11) is 4.58. The highest BCUT2D eigenvalue weighted by atomic mass is 16.5. The number of aromatic amines is 1. The van der Waals surface area contributed by atoms with Gasteiger partial charge in [0.1, 0.15) is 17.2 Å². The highest BCUT2D eigenvalue weighted by Gasteiger charge is 2.20. The molecule has 38 heavy (non-hydrogen) atoms. The number of ether oxygens (including phenoxy) is 2. The number of carbonyl (C=O) groups is 2. The smallest absolute Gasteiger partial charge is 0.411 e. The minimum atomic E-state index is -0.669. The number of hydrogen-bond acceptors (Lipinski definition) is 6. The third-order valence-corrected chi connectivity index (χ3v) is 6.25. The molecule has 192 valence electrons. The SMILES string of the molecule is COC(=O)Nc1ccc(-c2cnc3[nH]cc(-c4ccccc4OC)c3c2)cc1C(=O)N(C)Cc1ccco1. The quantitative estimate of drug-likeness (QED) is 0.280. The van der Waals surface area contributed by atoms with Crippen molar-refractivity contribution in [3.8, 4) is 28.0 Å². The van der Waals surface area contributed by atoms with Gasteiger partial charge in [-0.25, -0.2) is 9.78 Å². The summed E-state index contributed by atoms with van der Waals surface area (Å²) in [6.45, 7) is 0.271. The Kier molecular flexibility index (Phi) is 6.82. The average Bonchev–Trinajstić information content (AvgIpc) is 3.62. The van der Waals surface area contributed by atoms with Crippen LogP contribution in [-0.2, 0) is 11.3 Å². The molecular weight excluding hydrogens is 484 g/mol. The first kappa shape index (κ1) is 24.6. The average molecular weight is 511 g/mol. The number of para-hydroxylation sites is 1. The Morgan fingerprint density at radius 1 is 1.03 bits per heavy atom. The molecule has 0 unspecified atom stereocenters. The van der Waals surface area contributed by atoms with Gasteiger partial charge in [0.2, 0.25) is 0 Å². The molecule has 3 heterocycles. The number of H-pyrrole nitrogens is 1. The largest absolute Gasteiger partial charge is 0.496 e. The van der Waals surface area contributed by atoms with Crippen molar-refractivity contribution in [1.82, 2.24) is 14.9 Å². The fourth-order valence-corrected chi connectivity index (χ4v) is 4.34. The van der Waals surface area contributed by atoms with Crippen LogP contribution in [0.25, 0.3) is 33.3 Å². The first-order chi connectivity index (χ1) is 18.5. The zero-order valence-corrected chi connectivity index (χ0v) is 21.1. The minimum Gasteiger partial charge on any atom is -0.496 e. The number of rotatable bonds is 7. The second kappa shape index (κ2) is 10.5. The number of aromatic nitrogens is 2. The van der Waals surface area contributed by atoms with Gasteiger partial charge in [-0.05, 0) is 42.0 Å². The molecule has 0 radical (unpaired) electrons. The maximum absolute atomic E-state index is 13.5. The van der Waals surface area contributed by atoms with Gasteiger partial charge in [0.25, 0.3) is 5.91 Å². The molecule has 9 nitrogen and oxygen atoms in total. The maximum atomic E-state index is 13.5. The summed E-state index contributed by atoms with van der Waals surface area (Å²) in [6, 6.07) is 18.6. The number of nitrogens with one attached hydrogen (secondary N) is 2. The van der Waals surface area contributed by atoms with Crippen LogP contribution in [0.2, 0.25) is 0 Å². The predicted molar refractivity (Wildman–Crippen MR) is 144 cm³/mol. The Morgan fingerprint density at radius 2 is 1.87 bits per heavy atom. The summed E-state index contributed by atoms with van der Waals surface area (Å²) in [5.41, 5.74) is 4.83. The van der Waals surface area contributed by atoms with E-state index in [1.54, 1.807) is 50.9 Å². The number of carbonyl (C=O) groups excluding carboxylic acids is 2. The lowest BCUT2D eigenvalue weighted by molar-refractivity contribution is 0.0776. The Morgan fingerprint density at radius 3 is 2.63 bits per heavy atom. The van der Waals surface area contributed by atoms with E-state index >= 15 is 0 Å². The molecule has 0 aliphatic carbocycles. The van der Waals surface area contributed by atoms with Crippen molar-refractivity contribution in [2.45, 2.75) is 6.54 Å². The number of anilines is 1. The van der Waals surface area contributed by atoms with E-state index < -0.39 is 6.09 Å². The van der Waals surface area contributed by atoms with Crippen molar-refractivity contribution in [3.63, 3.8) is 0 Å². The number of amides is 2. The molecule has 9 heteroatoms. The van der Waals surface area contributed by atoms with E-state index in [9.17, 15) is 9.59 Å². The second-order valence-electron chi connectivity index (χ2n) is 8.64. The molecule has 0 aliphatic rings. The summed E-state index contributed by atoms with van der Waals surface area (Å²) in [5, 5.41) is 3.54. The zero-order valence-electron chi connectivity index (χ0n) is 21.1. The van der Waals surface area contributed by atoms with E-state index in [1.807, 2.05) is 42.6 Å². The maximum Gasteiger partial charge on any atom is 0.411 e. The molecule has 0 spiro atoms. The summed E-state index contributed by atoms with van der Waals surface area (Å²) < 4.78 is 15.7. The molecule has 5 rings (SSSR count).